The summed E-state index contributed by atoms with van der Waals surface area (Å²) in [7, 11) is 1.52. The molecule has 0 saturated heterocycles. The van der Waals surface area contributed by atoms with E-state index in [-0.39, 0.29) is 13.0 Å². The molecule has 0 spiro atoms. The van der Waals surface area contributed by atoms with Crippen molar-refractivity contribution < 1.29 is 19.1 Å². The number of aromatic nitrogens is 2. The standard InChI is InChI=1S/C20H19N3O4S/c1-13-6-7-17(26-2)16(9-13)23-18(24)11-27-19(25)10-14-12-28-20(22-14)15-5-3-4-8-21-15/h3-9,12H,10-11H2,1-2H3,(H,23,24). The molecule has 144 valence electrons. The molecular formula is C20H19N3O4S. The van der Waals surface area contributed by atoms with Gasteiger partial charge in [0.15, 0.2) is 6.61 Å². The Hall–Kier alpha value is -3.26. The SMILES string of the molecule is COc1ccc(C)cc1NC(=O)COC(=O)Cc1csc(-c2ccccn2)n1. The number of nitrogens with zero attached hydrogens (tertiary/aromatic N) is 2. The van der Waals surface area contributed by atoms with Gasteiger partial charge in [0, 0.05) is 11.6 Å². The maximum atomic E-state index is 12.1. The molecule has 3 rings (SSSR count). The number of hydrogen-bond donors (Lipinski definition) is 1. The fourth-order valence-corrected chi connectivity index (χ4v) is 3.24. The number of pyridine rings is 1. The highest BCUT2D eigenvalue weighted by molar-refractivity contribution is 7.13. The Kier molecular flexibility index (Phi) is 6.33. The van der Waals surface area contributed by atoms with Crippen LogP contribution in [0, 0.1) is 6.92 Å². The number of anilines is 1. The van der Waals surface area contributed by atoms with Gasteiger partial charge in [-0.05, 0) is 36.8 Å². The number of hydrogen-bond acceptors (Lipinski definition) is 7. The number of ether oxygens (including phenoxy) is 2. The van der Waals surface area contributed by atoms with Gasteiger partial charge in [-0.3, -0.25) is 14.6 Å². The Morgan fingerprint density at radius 1 is 1.21 bits per heavy atom. The second-order valence-corrected chi connectivity index (χ2v) is 6.81. The van der Waals surface area contributed by atoms with Crippen LogP contribution in [0.4, 0.5) is 5.69 Å². The van der Waals surface area contributed by atoms with Crippen LogP contribution in [0.2, 0.25) is 0 Å². The molecule has 0 aliphatic carbocycles. The molecule has 0 saturated carbocycles. The topological polar surface area (TPSA) is 90.4 Å². The first kappa shape index (κ1) is 19.5. The van der Waals surface area contributed by atoms with E-state index in [9.17, 15) is 9.59 Å². The van der Waals surface area contributed by atoms with E-state index in [1.165, 1.54) is 18.4 Å². The Morgan fingerprint density at radius 3 is 2.82 bits per heavy atom. The van der Waals surface area contributed by atoms with Gasteiger partial charge in [0.05, 0.1) is 30.6 Å². The van der Waals surface area contributed by atoms with Crippen molar-refractivity contribution in [3.05, 3.63) is 59.2 Å². The number of rotatable bonds is 7. The molecule has 0 atom stereocenters. The lowest BCUT2D eigenvalue weighted by molar-refractivity contribution is -0.146. The van der Waals surface area contributed by atoms with Crippen molar-refractivity contribution in [2.75, 3.05) is 19.0 Å². The summed E-state index contributed by atoms with van der Waals surface area (Å²) >= 11 is 1.40. The van der Waals surface area contributed by atoms with E-state index >= 15 is 0 Å². The average Bonchev–Trinajstić information content (AvgIpc) is 3.16. The number of amides is 1. The molecule has 0 aliphatic heterocycles. The molecule has 3 aromatic rings. The second-order valence-electron chi connectivity index (χ2n) is 5.95. The second kappa shape index (κ2) is 9.09. The Balaban J connectivity index is 1.51. The molecule has 0 unspecified atom stereocenters. The van der Waals surface area contributed by atoms with E-state index in [0.29, 0.717) is 17.1 Å². The predicted octanol–water partition coefficient (Wildman–Crippen LogP) is 3.25. The summed E-state index contributed by atoms with van der Waals surface area (Å²) in [6, 6.07) is 11.0. The highest BCUT2D eigenvalue weighted by atomic mass is 32.1. The Labute approximate surface area is 166 Å². The van der Waals surface area contributed by atoms with Gasteiger partial charge >= 0.3 is 5.97 Å². The van der Waals surface area contributed by atoms with Crippen LogP contribution in [0.25, 0.3) is 10.7 Å². The van der Waals surface area contributed by atoms with Crippen LogP contribution in [0.15, 0.2) is 48.0 Å². The van der Waals surface area contributed by atoms with Crippen LogP contribution >= 0.6 is 11.3 Å². The van der Waals surface area contributed by atoms with Gasteiger partial charge in [0.25, 0.3) is 5.91 Å². The van der Waals surface area contributed by atoms with Gasteiger partial charge < -0.3 is 14.8 Å². The van der Waals surface area contributed by atoms with Crippen molar-refractivity contribution in [2.45, 2.75) is 13.3 Å². The smallest absolute Gasteiger partial charge is 0.312 e. The minimum absolute atomic E-state index is 0.00954. The number of methoxy groups -OCH3 is 1. The number of aryl methyl sites for hydroxylation is 1. The van der Waals surface area contributed by atoms with Crippen molar-refractivity contribution in [1.82, 2.24) is 9.97 Å². The molecule has 1 N–H and O–H groups in total. The Morgan fingerprint density at radius 2 is 2.07 bits per heavy atom. The third-order valence-electron chi connectivity index (χ3n) is 3.75. The number of carbonyl (C=O) groups excluding carboxylic acids is 2. The zero-order chi connectivity index (χ0) is 19.9. The summed E-state index contributed by atoms with van der Waals surface area (Å²) in [6.45, 7) is 1.52. The van der Waals surface area contributed by atoms with Crippen molar-refractivity contribution in [3.63, 3.8) is 0 Å². The quantitative estimate of drug-likeness (QED) is 0.616. The fourth-order valence-electron chi connectivity index (χ4n) is 2.45. The van der Waals surface area contributed by atoms with Crippen LogP contribution in [0.3, 0.4) is 0 Å². The van der Waals surface area contributed by atoms with Gasteiger partial charge in [0.1, 0.15) is 10.8 Å². The summed E-state index contributed by atoms with van der Waals surface area (Å²) in [5.41, 5.74) is 2.83. The van der Waals surface area contributed by atoms with Crippen molar-refractivity contribution in [1.29, 1.82) is 0 Å². The van der Waals surface area contributed by atoms with Gasteiger partial charge in [0.2, 0.25) is 0 Å². The number of nitrogens with one attached hydrogen (secondary N) is 1. The molecule has 8 heteroatoms. The van der Waals surface area contributed by atoms with Crippen molar-refractivity contribution >= 4 is 28.9 Å². The van der Waals surface area contributed by atoms with Crippen LogP contribution < -0.4 is 10.1 Å². The predicted molar refractivity (Wildman–Crippen MR) is 106 cm³/mol. The molecule has 2 heterocycles. The molecule has 0 radical (unpaired) electrons. The van der Waals surface area contributed by atoms with E-state index in [4.69, 9.17) is 9.47 Å². The first-order chi connectivity index (χ1) is 13.5. The third-order valence-corrected chi connectivity index (χ3v) is 4.67. The summed E-state index contributed by atoms with van der Waals surface area (Å²) in [5, 5.41) is 5.19. The lowest BCUT2D eigenvalue weighted by Crippen LogP contribution is -2.22. The maximum absolute atomic E-state index is 12.1. The summed E-state index contributed by atoms with van der Waals surface area (Å²) in [5.74, 6) is -0.427. The van der Waals surface area contributed by atoms with Gasteiger partial charge in [-0.25, -0.2) is 4.98 Å². The number of esters is 1. The van der Waals surface area contributed by atoms with E-state index in [1.54, 1.807) is 23.7 Å². The lowest BCUT2D eigenvalue weighted by atomic mass is 10.2. The van der Waals surface area contributed by atoms with Gasteiger partial charge in [-0.15, -0.1) is 11.3 Å². The minimum Gasteiger partial charge on any atom is -0.495 e. The van der Waals surface area contributed by atoms with E-state index in [0.717, 1.165) is 16.3 Å². The van der Waals surface area contributed by atoms with Crippen molar-refractivity contribution in [3.8, 4) is 16.5 Å². The minimum atomic E-state index is -0.524. The van der Waals surface area contributed by atoms with Crippen LogP contribution in [0.1, 0.15) is 11.3 Å². The molecule has 7 nitrogen and oxygen atoms in total. The fraction of sp³-hybridized carbons (Fsp3) is 0.200. The summed E-state index contributed by atoms with van der Waals surface area (Å²) < 4.78 is 10.3. The number of thiazole rings is 1. The van der Waals surface area contributed by atoms with Crippen LogP contribution in [-0.2, 0) is 20.7 Å². The first-order valence-electron chi connectivity index (χ1n) is 8.51. The normalized spacial score (nSPS) is 10.4. The molecule has 0 bridgehead atoms. The van der Waals surface area contributed by atoms with E-state index in [2.05, 4.69) is 15.3 Å². The molecule has 1 amide bonds. The summed E-state index contributed by atoms with van der Waals surface area (Å²) in [4.78, 5) is 32.7. The highest BCUT2D eigenvalue weighted by Crippen LogP contribution is 2.25. The zero-order valence-electron chi connectivity index (χ0n) is 15.5. The largest absolute Gasteiger partial charge is 0.495 e. The van der Waals surface area contributed by atoms with Gasteiger partial charge in [-0.1, -0.05) is 12.1 Å². The van der Waals surface area contributed by atoms with Crippen LogP contribution in [0.5, 0.6) is 5.75 Å². The molecule has 2 aromatic heterocycles. The molecule has 0 aliphatic rings. The zero-order valence-corrected chi connectivity index (χ0v) is 16.3. The number of carbonyl (C=O) groups is 2. The van der Waals surface area contributed by atoms with Crippen LogP contribution in [-0.4, -0.2) is 35.6 Å². The average molecular weight is 397 g/mol. The molecule has 1 aromatic carbocycles. The molecule has 0 fully saturated rings. The van der Waals surface area contributed by atoms with Gasteiger partial charge in [-0.2, -0.15) is 0 Å². The summed E-state index contributed by atoms with van der Waals surface area (Å²) in [6.07, 6.45) is 1.68. The monoisotopic (exact) mass is 397 g/mol. The maximum Gasteiger partial charge on any atom is 0.312 e. The number of benzene rings is 1. The van der Waals surface area contributed by atoms with Crippen molar-refractivity contribution in [2.24, 2.45) is 0 Å². The molecular weight excluding hydrogens is 378 g/mol. The first-order valence-corrected chi connectivity index (χ1v) is 9.39. The molecule has 28 heavy (non-hydrogen) atoms. The third kappa shape index (κ3) is 5.14. The lowest BCUT2D eigenvalue weighted by Gasteiger charge is -2.11. The Bertz CT molecular complexity index is 973. The highest BCUT2D eigenvalue weighted by Gasteiger charge is 2.13. The van der Waals surface area contributed by atoms with E-state index in [1.807, 2.05) is 31.2 Å². The van der Waals surface area contributed by atoms with E-state index < -0.39 is 11.9 Å².